The molecule has 0 N–H and O–H groups in total. The van der Waals surface area contributed by atoms with Crippen LogP contribution >= 0.6 is 0 Å². The van der Waals surface area contributed by atoms with Crippen molar-refractivity contribution < 1.29 is 13.9 Å². The maximum Gasteiger partial charge on any atom is 0.298 e. The molecule has 112 valence electrons. The molecule has 4 rings (SSSR count). The summed E-state index contributed by atoms with van der Waals surface area (Å²) < 4.78 is 17.8. The van der Waals surface area contributed by atoms with Crippen LogP contribution < -0.4 is 4.90 Å². The summed E-state index contributed by atoms with van der Waals surface area (Å²) >= 11 is 0. The van der Waals surface area contributed by atoms with E-state index in [2.05, 4.69) is 16.8 Å². The van der Waals surface area contributed by atoms with Gasteiger partial charge in [-0.3, -0.25) is 0 Å². The van der Waals surface area contributed by atoms with E-state index in [4.69, 9.17) is 13.9 Å². The van der Waals surface area contributed by atoms with Crippen molar-refractivity contribution in [3.8, 4) is 0 Å². The minimum Gasteiger partial charge on any atom is -0.423 e. The lowest BCUT2D eigenvalue weighted by Crippen LogP contribution is -2.58. The van der Waals surface area contributed by atoms with Gasteiger partial charge in [0.05, 0.1) is 19.3 Å². The standard InChI is InChI=1S/C16H20N2O3/c1-12-9-18(10-16(21-12)7-4-8-19-11-16)15-17-13-5-2-3-6-14(13)20-15/h2-3,5-6,12H,4,7-11H2,1H3/t12-,16+/m1/s1. The average Bonchev–Trinajstić information content (AvgIpc) is 2.91. The summed E-state index contributed by atoms with van der Waals surface area (Å²) in [5, 5.41) is 0. The second-order valence-corrected chi connectivity index (χ2v) is 6.11. The lowest BCUT2D eigenvalue weighted by molar-refractivity contribution is -0.161. The van der Waals surface area contributed by atoms with Crippen LogP contribution in [-0.4, -0.2) is 43.0 Å². The lowest BCUT2D eigenvalue weighted by Gasteiger charge is -2.46. The highest BCUT2D eigenvalue weighted by atomic mass is 16.6. The molecule has 2 atom stereocenters. The van der Waals surface area contributed by atoms with Gasteiger partial charge in [-0.25, -0.2) is 0 Å². The fourth-order valence-electron chi connectivity index (χ4n) is 3.41. The summed E-state index contributed by atoms with van der Waals surface area (Å²) in [6, 6.07) is 8.57. The Bertz CT molecular complexity index is 600. The second-order valence-electron chi connectivity index (χ2n) is 6.11. The van der Waals surface area contributed by atoms with E-state index in [1.807, 2.05) is 24.3 Å². The normalized spacial score (nSPS) is 30.1. The van der Waals surface area contributed by atoms with Gasteiger partial charge in [-0.1, -0.05) is 12.1 Å². The summed E-state index contributed by atoms with van der Waals surface area (Å²) in [4.78, 5) is 6.81. The van der Waals surface area contributed by atoms with Crippen molar-refractivity contribution in [2.45, 2.75) is 31.5 Å². The molecule has 1 aromatic carbocycles. The first-order valence-corrected chi connectivity index (χ1v) is 7.60. The Labute approximate surface area is 123 Å². The van der Waals surface area contributed by atoms with Crippen molar-refractivity contribution in [3.05, 3.63) is 24.3 Å². The molecule has 0 radical (unpaired) electrons. The Morgan fingerprint density at radius 1 is 1.33 bits per heavy atom. The van der Waals surface area contributed by atoms with E-state index in [1.165, 1.54) is 0 Å². The fourth-order valence-corrected chi connectivity index (χ4v) is 3.41. The van der Waals surface area contributed by atoms with Crippen molar-refractivity contribution in [1.82, 2.24) is 4.98 Å². The van der Waals surface area contributed by atoms with Crippen LogP contribution in [0.4, 0.5) is 6.01 Å². The molecule has 2 aliphatic heterocycles. The zero-order valence-corrected chi connectivity index (χ0v) is 12.2. The molecule has 2 saturated heterocycles. The highest BCUT2D eigenvalue weighted by molar-refractivity contribution is 5.74. The van der Waals surface area contributed by atoms with Gasteiger partial charge in [0.1, 0.15) is 11.1 Å². The molecule has 21 heavy (non-hydrogen) atoms. The number of anilines is 1. The second kappa shape index (κ2) is 5.00. The molecular formula is C16H20N2O3. The molecule has 5 heteroatoms. The van der Waals surface area contributed by atoms with Gasteiger partial charge in [0.15, 0.2) is 5.58 Å². The number of oxazole rings is 1. The van der Waals surface area contributed by atoms with Crippen molar-refractivity contribution in [3.63, 3.8) is 0 Å². The first-order valence-electron chi connectivity index (χ1n) is 7.60. The molecule has 1 aromatic heterocycles. The van der Waals surface area contributed by atoms with Crippen LogP contribution in [0.2, 0.25) is 0 Å². The van der Waals surface area contributed by atoms with Crippen molar-refractivity contribution in [2.24, 2.45) is 0 Å². The van der Waals surface area contributed by atoms with Crippen LogP contribution in [0.1, 0.15) is 19.8 Å². The van der Waals surface area contributed by atoms with Gasteiger partial charge in [0.25, 0.3) is 6.01 Å². The third-order valence-electron chi connectivity index (χ3n) is 4.25. The molecule has 3 heterocycles. The molecule has 0 aliphatic carbocycles. The highest BCUT2D eigenvalue weighted by Gasteiger charge is 2.42. The quantitative estimate of drug-likeness (QED) is 0.807. The van der Waals surface area contributed by atoms with Gasteiger partial charge < -0.3 is 18.8 Å². The summed E-state index contributed by atoms with van der Waals surface area (Å²) in [5.41, 5.74) is 1.53. The van der Waals surface area contributed by atoms with Crippen LogP contribution in [0.25, 0.3) is 11.1 Å². The van der Waals surface area contributed by atoms with E-state index in [0.29, 0.717) is 12.6 Å². The number of para-hydroxylation sites is 2. The summed E-state index contributed by atoms with van der Waals surface area (Å²) in [5.74, 6) is 0. The number of benzene rings is 1. The van der Waals surface area contributed by atoms with Gasteiger partial charge >= 0.3 is 0 Å². The van der Waals surface area contributed by atoms with Gasteiger partial charge in [-0.2, -0.15) is 4.98 Å². The molecular weight excluding hydrogens is 268 g/mol. The Balaban J connectivity index is 1.64. The van der Waals surface area contributed by atoms with Crippen LogP contribution in [0.5, 0.6) is 0 Å². The predicted molar refractivity (Wildman–Crippen MR) is 79.6 cm³/mol. The fraction of sp³-hybridized carbons (Fsp3) is 0.562. The first-order chi connectivity index (χ1) is 10.2. The van der Waals surface area contributed by atoms with E-state index < -0.39 is 0 Å². The van der Waals surface area contributed by atoms with Crippen molar-refractivity contribution in [1.29, 1.82) is 0 Å². The third kappa shape index (κ3) is 2.40. The molecule has 0 amide bonds. The SMILES string of the molecule is C[C@@H]1CN(c2nc3ccccc3o2)C[C@]2(CCCOC2)O1. The molecule has 1 spiro atoms. The topological polar surface area (TPSA) is 47.7 Å². The predicted octanol–water partition coefficient (Wildman–Crippen LogP) is 2.60. The molecule has 0 unspecified atom stereocenters. The molecule has 0 saturated carbocycles. The van der Waals surface area contributed by atoms with Crippen LogP contribution in [0, 0.1) is 0 Å². The number of nitrogens with zero attached hydrogens (tertiary/aromatic N) is 2. The summed E-state index contributed by atoms with van der Waals surface area (Å²) in [6.07, 6.45) is 2.23. The Morgan fingerprint density at radius 2 is 2.24 bits per heavy atom. The molecule has 0 bridgehead atoms. The highest BCUT2D eigenvalue weighted by Crippen LogP contribution is 2.33. The number of aromatic nitrogens is 1. The lowest BCUT2D eigenvalue weighted by atomic mass is 9.93. The van der Waals surface area contributed by atoms with E-state index in [0.717, 1.165) is 43.6 Å². The Morgan fingerprint density at radius 3 is 3.05 bits per heavy atom. The number of hydrogen-bond donors (Lipinski definition) is 0. The van der Waals surface area contributed by atoms with Gasteiger partial charge in [-0.05, 0) is 31.9 Å². The average molecular weight is 288 g/mol. The molecule has 2 aromatic rings. The minimum atomic E-state index is -0.212. The maximum absolute atomic E-state index is 6.20. The molecule has 2 aliphatic rings. The number of rotatable bonds is 1. The minimum absolute atomic E-state index is 0.149. The van der Waals surface area contributed by atoms with E-state index >= 15 is 0 Å². The van der Waals surface area contributed by atoms with E-state index in [-0.39, 0.29) is 11.7 Å². The van der Waals surface area contributed by atoms with Crippen LogP contribution in [0.3, 0.4) is 0 Å². The number of morpholine rings is 1. The van der Waals surface area contributed by atoms with E-state index in [9.17, 15) is 0 Å². The van der Waals surface area contributed by atoms with E-state index in [1.54, 1.807) is 0 Å². The summed E-state index contributed by atoms with van der Waals surface area (Å²) in [7, 11) is 0. The first kappa shape index (κ1) is 13.1. The van der Waals surface area contributed by atoms with Crippen LogP contribution in [0.15, 0.2) is 28.7 Å². The zero-order chi connectivity index (χ0) is 14.3. The van der Waals surface area contributed by atoms with Gasteiger partial charge in [0.2, 0.25) is 0 Å². The number of fused-ring (bicyclic) bond motifs is 1. The van der Waals surface area contributed by atoms with Crippen molar-refractivity contribution >= 4 is 17.1 Å². The molecule has 2 fully saturated rings. The number of ether oxygens (including phenoxy) is 2. The Hall–Kier alpha value is -1.59. The maximum atomic E-state index is 6.20. The van der Waals surface area contributed by atoms with Gasteiger partial charge in [0, 0.05) is 13.2 Å². The smallest absolute Gasteiger partial charge is 0.298 e. The molecule has 5 nitrogen and oxygen atoms in total. The monoisotopic (exact) mass is 288 g/mol. The third-order valence-corrected chi connectivity index (χ3v) is 4.25. The van der Waals surface area contributed by atoms with Crippen molar-refractivity contribution in [2.75, 3.05) is 31.2 Å². The summed E-state index contributed by atoms with van der Waals surface area (Å²) in [6.45, 7) is 5.18. The largest absolute Gasteiger partial charge is 0.423 e. The zero-order valence-electron chi connectivity index (χ0n) is 12.2. The Kier molecular flexibility index (Phi) is 3.12. The number of hydrogen-bond acceptors (Lipinski definition) is 5. The van der Waals surface area contributed by atoms with Gasteiger partial charge in [-0.15, -0.1) is 0 Å². The van der Waals surface area contributed by atoms with Crippen LogP contribution in [-0.2, 0) is 9.47 Å².